The number of carbonyl (C=O) groups is 5. The predicted octanol–water partition coefficient (Wildman–Crippen LogP) is 9.45. The maximum atomic E-state index is 13.4. The number of thioether (sulfide) groups is 6. The van der Waals surface area contributed by atoms with Crippen LogP contribution in [0.25, 0.3) is 0 Å². The van der Waals surface area contributed by atoms with E-state index in [0.29, 0.717) is 31.1 Å². The molecule has 0 radical (unpaired) electrons. The molecule has 78 heavy (non-hydrogen) atoms. The van der Waals surface area contributed by atoms with Gasteiger partial charge in [0.2, 0.25) is 20.0 Å². The minimum Gasteiger partial charge on any atom is -0.480 e. The number of fused-ring (bicyclic) bond motifs is 2. The van der Waals surface area contributed by atoms with Gasteiger partial charge in [-0.2, -0.15) is 0 Å². The smallest absolute Gasteiger partial charge is 0.408 e. The normalized spacial score (nSPS) is 26.1. The van der Waals surface area contributed by atoms with Gasteiger partial charge in [-0.3, -0.25) is 29.4 Å². The van der Waals surface area contributed by atoms with Crippen molar-refractivity contribution >= 4 is 134 Å². The maximum absolute atomic E-state index is 13.4. The van der Waals surface area contributed by atoms with Gasteiger partial charge in [-0.1, -0.05) is 84.7 Å². The number of hydrogen-bond acceptors (Lipinski definition) is 20. The Hall–Kier alpha value is -2.62. The summed E-state index contributed by atoms with van der Waals surface area (Å²) in [7, 11) is -5.74. The molecule has 7 rings (SSSR count). The van der Waals surface area contributed by atoms with Gasteiger partial charge in [0.15, 0.2) is 0 Å². The summed E-state index contributed by atoms with van der Waals surface area (Å²) in [5.41, 5.74) is 0.307. The molecule has 8 atom stereocenters. The fourth-order valence-electron chi connectivity index (χ4n) is 12.4. The maximum Gasteiger partial charge on any atom is 0.408 e. The van der Waals surface area contributed by atoms with E-state index < -0.39 is 44.2 Å². The molecular formula is C52H82N6O12S8. The monoisotopic (exact) mass is 1240 g/mol. The fraction of sp³-hybridized carbons (Fsp3) is 0.731. The van der Waals surface area contributed by atoms with Crippen LogP contribution < -0.4 is 5.32 Å². The quantitative estimate of drug-likeness (QED) is 0.1000. The second-order valence-electron chi connectivity index (χ2n) is 21.1. The average Bonchev–Trinajstić information content (AvgIpc) is 3.97. The first-order chi connectivity index (χ1) is 36.7. The predicted molar refractivity (Wildman–Crippen MR) is 326 cm³/mol. The zero-order chi connectivity index (χ0) is 58.4. The van der Waals surface area contributed by atoms with Gasteiger partial charge in [-0.25, -0.2) is 35.0 Å². The van der Waals surface area contributed by atoms with Gasteiger partial charge in [-0.05, 0) is 117 Å². The molecule has 2 saturated heterocycles. The van der Waals surface area contributed by atoms with E-state index in [2.05, 4.69) is 52.7 Å². The third-order valence-electron chi connectivity index (χ3n) is 16.7. The lowest BCUT2D eigenvalue weighted by Crippen LogP contribution is -2.47. The Balaban J connectivity index is 0.000000234. The van der Waals surface area contributed by atoms with Crippen molar-refractivity contribution in [3.05, 3.63) is 35.9 Å². The number of hydrogen-bond donors (Lipinski definition) is 2. The molecule has 26 heteroatoms. The van der Waals surface area contributed by atoms with Crippen molar-refractivity contribution in [1.29, 1.82) is 0 Å². The van der Waals surface area contributed by atoms with E-state index in [0.717, 1.165) is 63.6 Å². The second-order valence-corrected chi connectivity index (χ2v) is 30.4. The van der Waals surface area contributed by atoms with Crippen molar-refractivity contribution in [1.82, 2.24) is 13.9 Å². The van der Waals surface area contributed by atoms with E-state index >= 15 is 0 Å². The minimum atomic E-state index is -3.57. The molecule has 6 unspecified atom stereocenters. The molecule has 440 valence electrons. The van der Waals surface area contributed by atoms with Gasteiger partial charge in [-0.15, -0.1) is 70.6 Å². The summed E-state index contributed by atoms with van der Waals surface area (Å²) in [6.45, 7) is 12.8. The van der Waals surface area contributed by atoms with Crippen LogP contribution >= 0.6 is 70.6 Å². The Kier molecular flexibility index (Phi) is 25.7. The topological polar surface area (TPSA) is 248 Å². The third-order valence-corrected chi connectivity index (χ3v) is 26.4. The molecule has 4 bridgehead atoms. The summed E-state index contributed by atoms with van der Waals surface area (Å²) >= 11 is 9.02. The number of aliphatic imine (C=N–C) groups is 3. The van der Waals surface area contributed by atoms with Crippen molar-refractivity contribution in [2.45, 2.75) is 137 Å². The summed E-state index contributed by atoms with van der Waals surface area (Å²) in [5.74, 6) is -0.733. The minimum absolute atomic E-state index is 0.00721. The molecular weight excluding hydrogens is 1160 g/mol. The molecule has 6 aliphatic rings. The van der Waals surface area contributed by atoms with Crippen LogP contribution in [0.4, 0.5) is 4.79 Å². The zero-order valence-corrected chi connectivity index (χ0v) is 53.9. The second kappa shape index (κ2) is 29.6. The highest BCUT2D eigenvalue weighted by atomic mass is 32.2. The number of ether oxygens (including phenoxy) is 2. The molecule has 1 aromatic rings. The van der Waals surface area contributed by atoms with E-state index in [1.165, 1.54) is 86.3 Å². The van der Waals surface area contributed by atoms with E-state index in [4.69, 9.17) is 9.84 Å². The Bertz CT molecular complexity index is 2570. The Morgan fingerprint density at radius 3 is 1.60 bits per heavy atom. The van der Waals surface area contributed by atoms with Gasteiger partial charge >= 0.3 is 18.0 Å². The number of carbonyl (C=O) groups excluding carboxylic acids is 4. The van der Waals surface area contributed by atoms with Gasteiger partial charge in [0.05, 0.1) is 30.7 Å². The van der Waals surface area contributed by atoms with Crippen LogP contribution in [0, 0.1) is 33.5 Å². The lowest BCUT2D eigenvalue weighted by atomic mass is 9.69. The van der Waals surface area contributed by atoms with Crippen molar-refractivity contribution in [3.8, 4) is 0 Å². The number of esters is 1. The van der Waals surface area contributed by atoms with Crippen molar-refractivity contribution in [2.24, 2.45) is 48.5 Å². The number of rotatable bonds is 14. The molecule has 2 heterocycles. The van der Waals surface area contributed by atoms with Crippen LogP contribution in [0.1, 0.15) is 111 Å². The number of aliphatic carboxylic acids is 1. The van der Waals surface area contributed by atoms with E-state index in [1.54, 1.807) is 0 Å². The Labute approximate surface area is 489 Å². The molecule has 18 nitrogen and oxygen atoms in total. The van der Waals surface area contributed by atoms with Crippen LogP contribution in [-0.4, -0.2) is 167 Å². The number of benzene rings is 1. The SMILES string of the molecule is CCC[C@H](N=C(SC)SC)C(=O)N1C2CC3CCC2(CS1(=O)=O)C3(C)C.CCC[C@H](NC(=O)OCc1ccccc1)C(=O)O.COC(=O)CN=C(SC)SC.CSC(=NCC(=O)N1C2CC3CCC2(CS1(=O)=O)C3(C)C)SC. The number of nitrogens with one attached hydrogen (secondary N) is 1. The van der Waals surface area contributed by atoms with Crippen LogP contribution in [0.3, 0.4) is 0 Å². The molecule has 2 spiro atoms. The molecule has 2 aliphatic heterocycles. The highest BCUT2D eigenvalue weighted by Gasteiger charge is 2.73. The van der Waals surface area contributed by atoms with E-state index in [1.807, 2.05) is 81.7 Å². The van der Waals surface area contributed by atoms with E-state index in [-0.39, 0.29) is 82.7 Å². The first-order valence-electron chi connectivity index (χ1n) is 26.0. The van der Waals surface area contributed by atoms with Crippen molar-refractivity contribution in [2.75, 3.05) is 69.2 Å². The van der Waals surface area contributed by atoms with Gasteiger partial charge in [0.25, 0.3) is 11.8 Å². The molecule has 0 aromatic heterocycles. The Morgan fingerprint density at radius 2 is 1.17 bits per heavy atom. The first kappa shape index (κ1) is 67.9. The summed E-state index contributed by atoms with van der Waals surface area (Å²) < 4.78 is 65.9. The van der Waals surface area contributed by atoms with Crippen molar-refractivity contribution < 1.29 is 55.4 Å². The summed E-state index contributed by atoms with van der Waals surface area (Å²) in [6.07, 6.45) is 18.9. The Morgan fingerprint density at radius 1 is 0.705 bits per heavy atom. The number of nitrogens with zero attached hydrogens (tertiary/aromatic N) is 5. The third kappa shape index (κ3) is 15.3. The summed E-state index contributed by atoms with van der Waals surface area (Å²) in [6, 6.07) is 7.39. The summed E-state index contributed by atoms with van der Waals surface area (Å²) in [4.78, 5) is 71.7. The molecule has 4 saturated carbocycles. The standard InChI is InChI=1S/C18H30N2O3S3.C15H24N2O3S3.C13H17NO4.C6H11NO2S2/c1-6-7-13(19-16(24-4)25-5)15(21)20-14-10-12-8-9-18(14,17(12,2)3)11-26(20,22)23;1-14(2)10-5-6-15(14)9-23(19,20)17(11(15)7-10)12(18)8-16-13(21-3)22-4;1-2-6-11(12(15)16)14-13(17)18-9-10-7-4-3-5-8-10;1-9-5(8)4-7-6(10-2)11-3/h12-14H,6-11H2,1-5H3;10-11H,5-9H2,1-4H3;3-5,7-8,11H,2,6,9H2,1H3,(H,14,17)(H,15,16);4H2,1-3H3/t12?,13-,14?,18?;;11-;/m0.0./s1. The first-order valence-corrected chi connectivity index (χ1v) is 36.6. The highest BCUT2D eigenvalue weighted by molar-refractivity contribution is 8.39. The van der Waals surface area contributed by atoms with Gasteiger partial charge in [0.1, 0.15) is 44.9 Å². The molecule has 1 aromatic carbocycles. The van der Waals surface area contributed by atoms with Crippen LogP contribution in [0.15, 0.2) is 45.3 Å². The lowest BCUT2D eigenvalue weighted by molar-refractivity contribution is -0.140. The van der Waals surface area contributed by atoms with Crippen molar-refractivity contribution in [3.63, 3.8) is 0 Å². The average molecular weight is 1240 g/mol. The van der Waals surface area contributed by atoms with Gasteiger partial charge < -0.3 is 19.9 Å². The molecule has 3 amide bonds. The largest absolute Gasteiger partial charge is 0.480 e. The fourth-order valence-corrected chi connectivity index (χ4v) is 20.8. The number of amides is 3. The molecule has 4 aliphatic carbocycles. The lowest BCUT2D eigenvalue weighted by Gasteiger charge is -2.37. The number of sulfonamides is 2. The van der Waals surface area contributed by atoms with Crippen LogP contribution in [0.5, 0.6) is 0 Å². The molecule has 6 fully saturated rings. The number of methoxy groups -OCH3 is 1. The number of carboxylic acids is 1. The van der Waals surface area contributed by atoms with E-state index in [9.17, 15) is 40.8 Å². The zero-order valence-electron chi connectivity index (χ0n) is 47.4. The molecule has 2 N–H and O–H groups in total. The highest BCUT2D eigenvalue weighted by Crippen LogP contribution is 2.71. The summed E-state index contributed by atoms with van der Waals surface area (Å²) in [5, 5.41) is 11.2. The van der Waals surface area contributed by atoms with Crippen LogP contribution in [-0.2, 0) is 55.3 Å². The van der Waals surface area contributed by atoms with Crippen LogP contribution in [0.2, 0.25) is 0 Å². The number of carboxylic acid groups (broad SMARTS) is 1. The van der Waals surface area contributed by atoms with Gasteiger partial charge in [0, 0.05) is 10.8 Å². The number of alkyl carbamates (subject to hydrolysis) is 1.